The fourth-order valence-corrected chi connectivity index (χ4v) is 2.67. The van der Waals surface area contributed by atoms with Crippen LogP contribution in [0.4, 0.5) is 13.2 Å². The quantitative estimate of drug-likeness (QED) is 0.847. The molecular formula is C17H18F3NO. The van der Waals surface area contributed by atoms with E-state index in [1.54, 1.807) is 0 Å². The monoisotopic (exact) mass is 309 g/mol. The molecule has 0 saturated heterocycles. The van der Waals surface area contributed by atoms with Crippen molar-refractivity contribution in [2.24, 2.45) is 5.92 Å². The highest BCUT2D eigenvalue weighted by molar-refractivity contribution is 5.76. The van der Waals surface area contributed by atoms with Crippen molar-refractivity contribution in [3.63, 3.8) is 0 Å². The lowest BCUT2D eigenvalue weighted by atomic mass is 10.0. The summed E-state index contributed by atoms with van der Waals surface area (Å²) in [7, 11) is 0. The molecule has 0 heterocycles. The summed E-state index contributed by atoms with van der Waals surface area (Å²) < 4.78 is 38.3. The first-order valence-electron chi connectivity index (χ1n) is 7.38. The first-order chi connectivity index (χ1) is 10.5. The molecule has 1 aliphatic carbocycles. The van der Waals surface area contributed by atoms with E-state index in [1.807, 2.05) is 0 Å². The van der Waals surface area contributed by atoms with Crippen molar-refractivity contribution >= 4 is 5.91 Å². The van der Waals surface area contributed by atoms with Crippen molar-refractivity contribution in [2.45, 2.75) is 38.3 Å². The van der Waals surface area contributed by atoms with E-state index in [9.17, 15) is 18.0 Å². The van der Waals surface area contributed by atoms with Gasteiger partial charge in [0.15, 0.2) is 0 Å². The van der Waals surface area contributed by atoms with Crippen LogP contribution in [-0.4, -0.2) is 12.5 Å². The highest BCUT2D eigenvalue weighted by Gasteiger charge is 2.32. The van der Waals surface area contributed by atoms with E-state index in [0.29, 0.717) is 12.3 Å². The van der Waals surface area contributed by atoms with Crippen LogP contribution in [0.3, 0.4) is 0 Å². The van der Waals surface area contributed by atoms with Gasteiger partial charge >= 0.3 is 6.18 Å². The molecule has 1 N–H and O–H groups in total. The topological polar surface area (TPSA) is 29.1 Å². The predicted molar refractivity (Wildman–Crippen MR) is 77.9 cm³/mol. The zero-order chi connectivity index (χ0) is 16.0. The normalized spacial score (nSPS) is 15.2. The lowest BCUT2D eigenvalue weighted by molar-refractivity contribution is -0.137. The molecular weight excluding hydrogens is 291 g/mol. The molecule has 0 atom stereocenters. The number of hydrogen-bond acceptors (Lipinski definition) is 1. The van der Waals surface area contributed by atoms with Gasteiger partial charge < -0.3 is 5.32 Å². The minimum Gasteiger partial charge on any atom is -0.345 e. The molecule has 0 aromatic heterocycles. The van der Waals surface area contributed by atoms with Crippen LogP contribution in [0.5, 0.6) is 0 Å². The van der Waals surface area contributed by atoms with Gasteiger partial charge in [0.05, 0.1) is 12.1 Å². The van der Waals surface area contributed by atoms with Crippen molar-refractivity contribution in [3.05, 3.63) is 35.4 Å². The number of benzene rings is 1. The molecule has 1 saturated carbocycles. The van der Waals surface area contributed by atoms with Gasteiger partial charge in [0.1, 0.15) is 0 Å². The fraction of sp³-hybridized carbons (Fsp3) is 0.471. The molecule has 0 unspecified atom stereocenters. The Hall–Kier alpha value is -1.96. The number of carbonyl (C=O) groups excluding carboxylic acids is 1. The predicted octanol–water partition coefficient (Wildman–Crippen LogP) is 3.75. The molecule has 1 aliphatic rings. The Morgan fingerprint density at radius 2 is 1.91 bits per heavy atom. The van der Waals surface area contributed by atoms with Gasteiger partial charge in [0.2, 0.25) is 5.91 Å². The standard InChI is InChI=1S/C17H18F3NO/c18-17(19,20)15-10-4-3-8-14(15)9-5-11-21-16(22)12-13-6-1-2-7-13/h3-4,8,10,13H,1-2,6-7,11-12H2,(H,21,22). The Kier molecular flexibility index (Phi) is 5.48. The summed E-state index contributed by atoms with van der Waals surface area (Å²) in [6.45, 7) is 0.0672. The van der Waals surface area contributed by atoms with Gasteiger partial charge in [0.25, 0.3) is 0 Å². The van der Waals surface area contributed by atoms with E-state index in [0.717, 1.165) is 18.9 Å². The molecule has 0 aliphatic heterocycles. The maximum absolute atomic E-state index is 12.8. The summed E-state index contributed by atoms with van der Waals surface area (Å²) in [5, 5.41) is 2.64. The third-order valence-electron chi connectivity index (χ3n) is 3.78. The van der Waals surface area contributed by atoms with Gasteiger partial charge in [-0.2, -0.15) is 13.2 Å². The third kappa shape index (κ3) is 4.80. The summed E-state index contributed by atoms with van der Waals surface area (Å²) in [5.41, 5.74) is -0.820. The number of nitrogens with one attached hydrogen (secondary N) is 1. The smallest absolute Gasteiger partial charge is 0.345 e. The molecule has 2 rings (SSSR count). The van der Waals surface area contributed by atoms with Gasteiger partial charge in [-0.15, -0.1) is 0 Å². The lowest BCUT2D eigenvalue weighted by Crippen LogP contribution is -2.25. The fourth-order valence-electron chi connectivity index (χ4n) is 2.67. The average molecular weight is 309 g/mol. The van der Waals surface area contributed by atoms with Crippen molar-refractivity contribution in [1.82, 2.24) is 5.32 Å². The number of alkyl halides is 3. The first-order valence-corrected chi connectivity index (χ1v) is 7.38. The van der Waals surface area contributed by atoms with E-state index >= 15 is 0 Å². The van der Waals surface area contributed by atoms with E-state index in [2.05, 4.69) is 17.2 Å². The molecule has 5 heteroatoms. The number of amides is 1. The number of rotatable bonds is 3. The summed E-state index contributed by atoms with van der Waals surface area (Å²) >= 11 is 0. The average Bonchev–Trinajstić information content (AvgIpc) is 2.96. The third-order valence-corrected chi connectivity index (χ3v) is 3.78. The maximum Gasteiger partial charge on any atom is 0.417 e. The van der Waals surface area contributed by atoms with Crippen LogP contribution >= 0.6 is 0 Å². The number of carbonyl (C=O) groups is 1. The molecule has 2 nitrogen and oxygen atoms in total. The zero-order valence-corrected chi connectivity index (χ0v) is 12.2. The van der Waals surface area contributed by atoms with E-state index in [1.165, 1.54) is 31.0 Å². The van der Waals surface area contributed by atoms with Crippen LogP contribution in [0.2, 0.25) is 0 Å². The van der Waals surface area contributed by atoms with E-state index < -0.39 is 11.7 Å². The molecule has 0 radical (unpaired) electrons. The summed E-state index contributed by atoms with van der Waals surface area (Å²) in [5.74, 6) is 5.44. The van der Waals surface area contributed by atoms with E-state index in [-0.39, 0.29) is 18.0 Å². The minimum atomic E-state index is -4.42. The van der Waals surface area contributed by atoms with Crippen LogP contribution in [0.1, 0.15) is 43.2 Å². The SMILES string of the molecule is O=C(CC1CCCC1)NCC#Cc1ccccc1C(F)(F)F. The highest BCUT2D eigenvalue weighted by Crippen LogP contribution is 2.31. The van der Waals surface area contributed by atoms with Crippen LogP contribution < -0.4 is 5.32 Å². The molecule has 0 spiro atoms. The van der Waals surface area contributed by atoms with Gasteiger partial charge in [-0.3, -0.25) is 4.79 Å². The summed E-state index contributed by atoms with van der Waals surface area (Å²) in [6.07, 6.45) is 0.575. The van der Waals surface area contributed by atoms with Crippen LogP contribution in [0.15, 0.2) is 24.3 Å². The van der Waals surface area contributed by atoms with Crippen LogP contribution in [0, 0.1) is 17.8 Å². The Bertz CT molecular complexity index is 578. The van der Waals surface area contributed by atoms with Crippen LogP contribution in [-0.2, 0) is 11.0 Å². The van der Waals surface area contributed by atoms with E-state index in [4.69, 9.17) is 0 Å². The molecule has 1 aromatic rings. The van der Waals surface area contributed by atoms with Crippen LogP contribution in [0.25, 0.3) is 0 Å². The largest absolute Gasteiger partial charge is 0.417 e. The summed E-state index contributed by atoms with van der Waals surface area (Å²) in [6, 6.07) is 5.17. The zero-order valence-electron chi connectivity index (χ0n) is 12.2. The second-order valence-corrected chi connectivity index (χ2v) is 5.48. The van der Waals surface area contributed by atoms with Crippen molar-refractivity contribution < 1.29 is 18.0 Å². The van der Waals surface area contributed by atoms with Gasteiger partial charge in [-0.1, -0.05) is 36.8 Å². The molecule has 0 bridgehead atoms. The lowest BCUT2D eigenvalue weighted by Gasteiger charge is -2.08. The van der Waals surface area contributed by atoms with Crippen molar-refractivity contribution in [3.8, 4) is 11.8 Å². The number of halogens is 3. The Morgan fingerprint density at radius 3 is 2.59 bits per heavy atom. The highest BCUT2D eigenvalue weighted by atomic mass is 19.4. The Labute approximate surface area is 128 Å². The van der Waals surface area contributed by atoms with Gasteiger partial charge in [-0.05, 0) is 30.9 Å². The molecule has 22 heavy (non-hydrogen) atoms. The minimum absolute atomic E-state index is 0.0672. The second-order valence-electron chi connectivity index (χ2n) is 5.48. The molecule has 1 fully saturated rings. The summed E-state index contributed by atoms with van der Waals surface area (Å²) in [4.78, 5) is 11.7. The Balaban J connectivity index is 1.87. The van der Waals surface area contributed by atoms with Gasteiger partial charge in [0, 0.05) is 12.0 Å². The molecule has 1 amide bonds. The van der Waals surface area contributed by atoms with Crippen molar-refractivity contribution in [1.29, 1.82) is 0 Å². The number of hydrogen-bond donors (Lipinski definition) is 1. The second kappa shape index (κ2) is 7.35. The molecule has 1 aromatic carbocycles. The first kappa shape index (κ1) is 16.4. The maximum atomic E-state index is 12.8. The van der Waals surface area contributed by atoms with Crippen molar-refractivity contribution in [2.75, 3.05) is 6.54 Å². The van der Waals surface area contributed by atoms with Gasteiger partial charge in [-0.25, -0.2) is 0 Å². The molecule has 118 valence electrons. The Morgan fingerprint density at radius 1 is 1.23 bits per heavy atom.